The van der Waals surface area contributed by atoms with Crippen LogP contribution >= 0.6 is 0 Å². The molecule has 7 nitrogen and oxygen atoms in total. The summed E-state index contributed by atoms with van der Waals surface area (Å²) in [7, 11) is 0. The minimum absolute atomic E-state index is 0.195. The van der Waals surface area contributed by atoms with Gasteiger partial charge in [-0.15, -0.1) is 0 Å². The second-order valence-electron chi connectivity index (χ2n) is 6.85. The number of carbonyl (C=O) groups is 2. The molecule has 0 saturated heterocycles. The van der Waals surface area contributed by atoms with E-state index in [2.05, 4.69) is 5.32 Å². The zero-order valence-electron chi connectivity index (χ0n) is 17.4. The SMILES string of the molecule is CCOc1cc(OCC(=O)c2ccccc2)cc([C@@H](Nc2ccc(C#N)cc2)C(=O)O)c1. The van der Waals surface area contributed by atoms with Gasteiger partial charge in [0.25, 0.3) is 0 Å². The van der Waals surface area contributed by atoms with Crippen molar-refractivity contribution >= 4 is 17.4 Å². The van der Waals surface area contributed by atoms with Crippen molar-refractivity contribution in [3.8, 4) is 17.6 Å². The first-order valence-corrected chi connectivity index (χ1v) is 9.98. The van der Waals surface area contributed by atoms with Crippen molar-refractivity contribution in [1.82, 2.24) is 0 Å². The van der Waals surface area contributed by atoms with Gasteiger partial charge in [-0.3, -0.25) is 4.79 Å². The number of carboxylic acids is 1. The number of nitrogens with zero attached hydrogens (tertiary/aromatic N) is 1. The van der Waals surface area contributed by atoms with Crippen LogP contribution in [0.15, 0.2) is 72.8 Å². The van der Waals surface area contributed by atoms with Crippen molar-refractivity contribution in [2.24, 2.45) is 0 Å². The summed E-state index contributed by atoms with van der Waals surface area (Å²) >= 11 is 0. The van der Waals surface area contributed by atoms with Gasteiger partial charge in [-0.05, 0) is 48.9 Å². The Bertz CT molecular complexity index is 1120. The molecule has 0 bridgehead atoms. The van der Waals surface area contributed by atoms with E-state index >= 15 is 0 Å². The van der Waals surface area contributed by atoms with Crippen LogP contribution in [0.2, 0.25) is 0 Å². The van der Waals surface area contributed by atoms with Crippen molar-refractivity contribution in [2.45, 2.75) is 13.0 Å². The van der Waals surface area contributed by atoms with Gasteiger partial charge in [0.2, 0.25) is 0 Å². The lowest BCUT2D eigenvalue weighted by molar-refractivity contribution is -0.138. The van der Waals surface area contributed by atoms with Gasteiger partial charge in [0.1, 0.15) is 11.5 Å². The zero-order valence-corrected chi connectivity index (χ0v) is 17.4. The van der Waals surface area contributed by atoms with Crippen LogP contribution < -0.4 is 14.8 Å². The lowest BCUT2D eigenvalue weighted by atomic mass is 10.1. The summed E-state index contributed by atoms with van der Waals surface area (Å²) in [4.78, 5) is 24.4. The van der Waals surface area contributed by atoms with Crippen molar-refractivity contribution in [3.63, 3.8) is 0 Å². The third-order valence-corrected chi connectivity index (χ3v) is 4.58. The molecule has 32 heavy (non-hydrogen) atoms. The Balaban J connectivity index is 1.84. The van der Waals surface area contributed by atoms with Gasteiger partial charge in [0.15, 0.2) is 18.4 Å². The summed E-state index contributed by atoms with van der Waals surface area (Å²) < 4.78 is 11.2. The van der Waals surface area contributed by atoms with Crippen molar-refractivity contribution < 1.29 is 24.2 Å². The smallest absolute Gasteiger partial charge is 0.330 e. The number of ketones is 1. The van der Waals surface area contributed by atoms with Crippen LogP contribution in [0, 0.1) is 11.3 Å². The maximum absolute atomic E-state index is 12.4. The molecule has 0 aliphatic heterocycles. The quantitative estimate of drug-likeness (QED) is 0.457. The topological polar surface area (TPSA) is 109 Å². The van der Waals surface area contributed by atoms with E-state index in [1.165, 1.54) is 0 Å². The molecule has 0 spiro atoms. The predicted molar refractivity (Wildman–Crippen MR) is 119 cm³/mol. The molecule has 0 amide bonds. The number of ether oxygens (including phenoxy) is 2. The molecule has 0 fully saturated rings. The molecule has 2 N–H and O–H groups in total. The van der Waals surface area contributed by atoms with Crippen LogP contribution in [0.25, 0.3) is 0 Å². The Kier molecular flexibility index (Phi) is 7.44. The number of nitrogens with one attached hydrogen (secondary N) is 1. The number of hydrogen-bond donors (Lipinski definition) is 2. The van der Waals surface area contributed by atoms with Gasteiger partial charge < -0.3 is 19.9 Å². The highest BCUT2D eigenvalue weighted by Crippen LogP contribution is 2.29. The third-order valence-electron chi connectivity index (χ3n) is 4.58. The number of anilines is 1. The Morgan fingerprint density at radius 2 is 1.66 bits per heavy atom. The number of aliphatic carboxylic acids is 1. The molecule has 7 heteroatoms. The van der Waals surface area contributed by atoms with Crippen LogP contribution in [-0.4, -0.2) is 30.1 Å². The summed E-state index contributed by atoms with van der Waals surface area (Å²) in [5.74, 6) is -0.545. The Morgan fingerprint density at radius 3 is 2.25 bits per heavy atom. The summed E-state index contributed by atoms with van der Waals surface area (Å²) in [6.07, 6.45) is 0. The minimum atomic E-state index is -1.10. The van der Waals surface area contributed by atoms with Crippen LogP contribution in [-0.2, 0) is 4.79 Å². The van der Waals surface area contributed by atoms with E-state index < -0.39 is 12.0 Å². The first-order valence-electron chi connectivity index (χ1n) is 9.98. The van der Waals surface area contributed by atoms with Crippen LogP contribution in [0.3, 0.4) is 0 Å². The average molecular weight is 430 g/mol. The molecule has 0 heterocycles. The standard InChI is InChI=1S/C25H22N2O5/c1-2-31-21-12-19(24(25(29)30)27-20-10-8-17(15-26)9-11-20)13-22(14-21)32-16-23(28)18-6-4-3-5-7-18/h3-14,24,27H,2,16H2,1H3,(H,29,30)/t24-/m1/s1. The molecule has 0 radical (unpaired) electrons. The van der Waals surface area contributed by atoms with Crippen molar-refractivity contribution in [2.75, 3.05) is 18.5 Å². The molecular weight excluding hydrogens is 408 g/mol. The number of hydrogen-bond acceptors (Lipinski definition) is 6. The average Bonchev–Trinajstić information content (AvgIpc) is 2.81. The highest BCUT2D eigenvalue weighted by Gasteiger charge is 2.22. The van der Waals surface area contributed by atoms with Gasteiger partial charge in [-0.2, -0.15) is 5.26 Å². The number of benzene rings is 3. The Labute approximate surface area is 185 Å². The molecule has 0 unspecified atom stereocenters. The van der Waals surface area contributed by atoms with E-state index in [9.17, 15) is 14.7 Å². The van der Waals surface area contributed by atoms with Crippen LogP contribution in [0.4, 0.5) is 5.69 Å². The van der Waals surface area contributed by atoms with Crippen molar-refractivity contribution in [3.05, 3.63) is 89.5 Å². The summed E-state index contributed by atoms with van der Waals surface area (Å²) in [5, 5.41) is 21.7. The summed E-state index contributed by atoms with van der Waals surface area (Å²) in [6.45, 7) is 2.00. The minimum Gasteiger partial charge on any atom is -0.494 e. The lowest BCUT2D eigenvalue weighted by Gasteiger charge is -2.18. The third kappa shape index (κ3) is 5.86. The fraction of sp³-hybridized carbons (Fsp3) is 0.160. The van der Waals surface area contributed by atoms with Gasteiger partial charge in [-0.1, -0.05) is 30.3 Å². The number of carboxylic acid groups (broad SMARTS) is 1. The molecule has 162 valence electrons. The number of carbonyl (C=O) groups excluding carboxylic acids is 1. The zero-order chi connectivity index (χ0) is 22.9. The van der Waals surface area contributed by atoms with Gasteiger partial charge in [-0.25, -0.2) is 4.79 Å². The highest BCUT2D eigenvalue weighted by molar-refractivity contribution is 5.97. The van der Waals surface area contributed by atoms with Crippen LogP contribution in [0.1, 0.15) is 34.5 Å². The van der Waals surface area contributed by atoms with Gasteiger partial charge in [0, 0.05) is 17.3 Å². The first kappa shape index (κ1) is 22.4. The van der Waals surface area contributed by atoms with E-state index in [0.717, 1.165) is 0 Å². The number of Topliss-reactive ketones (excluding diaryl/α,β-unsaturated/α-hetero) is 1. The van der Waals surface area contributed by atoms with E-state index in [1.54, 1.807) is 66.7 Å². The fourth-order valence-corrected chi connectivity index (χ4v) is 3.05. The summed E-state index contributed by atoms with van der Waals surface area (Å²) in [6, 6.07) is 21.0. The van der Waals surface area contributed by atoms with Gasteiger partial charge >= 0.3 is 5.97 Å². The molecule has 0 saturated carbocycles. The fourth-order valence-electron chi connectivity index (χ4n) is 3.05. The van der Waals surface area contributed by atoms with Gasteiger partial charge in [0.05, 0.1) is 18.2 Å². The first-order chi connectivity index (χ1) is 15.5. The molecule has 0 aliphatic rings. The Hall–Kier alpha value is -4.31. The van der Waals surface area contributed by atoms with Crippen molar-refractivity contribution in [1.29, 1.82) is 5.26 Å². The largest absolute Gasteiger partial charge is 0.494 e. The second kappa shape index (κ2) is 10.6. The van der Waals surface area contributed by atoms with E-state index in [0.29, 0.717) is 40.5 Å². The monoisotopic (exact) mass is 430 g/mol. The Morgan fingerprint density at radius 1 is 1.00 bits per heavy atom. The van der Waals surface area contributed by atoms with E-state index in [4.69, 9.17) is 14.7 Å². The normalized spacial score (nSPS) is 11.1. The maximum Gasteiger partial charge on any atom is 0.330 e. The predicted octanol–water partition coefficient (Wildman–Crippen LogP) is 4.46. The molecule has 0 aliphatic carbocycles. The molecule has 1 atom stereocenters. The molecular formula is C25H22N2O5. The van der Waals surface area contributed by atoms with E-state index in [1.807, 2.05) is 19.1 Å². The van der Waals surface area contributed by atoms with Crippen LogP contribution in [0.5, 0.6) is 11.5 Å². The molecule has 0 aromatic heterocycles. The number of rotatable bonds is 10. The second-order valence-corrected chi connectivity index (χ2v) is 6.85. The lowest BCUT2D eigenvalue weighted by Crippen LogP contribution is -2.21. The molecule has 3 aromatic rings. The summed E-state index contributed by atoms with van der Waals surface area (Å²) in [5.41, 5.74) is 1.94. The highest BCUT2D eigenvalue weighted by atomic mass is 16.5. The number of nitriles is 1. The molecule has 3 rings (SSSR count). The maximum atomic E-state index is 12.4. The molecule has 3 aromatic carbocycles. The van der Waals surface area contributed by atoms with E-state index in [-0.39, 0.29) is 12.4 Å².